The van der Waals surface area contributed by atoms with Crippen LogP contribution < -0.4 is 11.1 Å². The van der Waals surface area contributed by atoms with Gasteiger partial charge in [0.05, 0.1) is 5.54 Å². The van der Waals surface area contributed by atoms with Crippen LogP contribution in [0.25, 0.3) is 0 Å². The summed E-state index contributed by atoms with van der Waals surface area (Å²) in [4.78, 5) is 39.0. The van der Waals surface area contributed by atoms with Gasteiger partial charge in [-0.05, 0) is 24.1 Å². The molecule has 3 heterocycles. The van der Waals surface area contributed by atoms with Gasteiger partial charge in [0.15, 0.2) is 0 Å². The first-order chi connectivity index (χ1) is 14.0. The number of morpholine rings is 1. The Morgan fingerprint density at radius 2 is 2.07 bits per heavy atom. The molecule has 2 amide bonds. The normalized spacial score (nSPS) is 23.1. The summed E-state index contributed by atoms with van der Waals surface area (Å²) >= 11 is 0. The molecule has 0 aliphatic carbocycles. The van der Waals surface area contributed by atoms with Crippen molar-refractivity contribution in [1.82, 2.24) is 15.2 Å². The van der Waals surface area contributed by atoms with Crippen LogP contribution in [-0.4, -0.2) is 59.1 Å². The summed E-state index contributed by atoms with van der Waals surface area (Å²) in [5.74, 6) is -0.318. The molecule has 152 valence electrons. The summed E-state index contributed by atoms with van der Waals surface area (Å²) in [5.41, 5.74) is 6.96. The van der Waals surface area contributed by atoms with Gasteiger partial charge in [0.25, 0.3) is 12.4 Å². The standard InChI is InChI=1S/C19H20N4O3.CH2O2/c20-14-6-8-21-15(10-14)18(25)23-9-7-19(13-4-2-1-3-5-13)16(11-23)26-12-17(24)22-19;2-1-3/h1-6,8,10,16H,7,9,11-12H2,(H2,20,21)(H,22,24);1H,(H,2,3)/t16-,19+;/m1./s1. The molecule has 0 bridgehead atoms. The summed E-state index contributed by atoms with van der Waals surface area (Å²) in [7, 11) is 0. The number of piperidine rings is 1. The zero-order valence-corrected chi connectivity index (χ0v) is 15.7. The SMILES string of the molecule is Nc1ccnc(C(=O)N2CC[C@@]3(c4ccccc4)NC(=O)CO[C@@H]3C2)c1.O=CO. The Morgan fingerprint density at radius 1 is 1.34 bits per heavy atom. The number of hydrogen-bond donors (Lipinski definition) is 3. The maximum absolute atomic E-state index is 12.8. The number of benzene rings is 1. The van der Waals surface area contributed by atoms with Gasteiger partial charge in [0, 0.05) is 25.0 Å². The fourth-order valence-corrected chi connectivity index (χ4v) is 3.77. The van der Waals surface area contributed by atoms with Crippen molar-refractivity contribution in [2.24, 2.45) is 0 Å². The molecule has 0 saturated carbocycles. The van der Waals surface area contributed by atoms with Gasteiger partial charge in [0.2, 0.25) is 5.91 Å². The van der Waals surface area contributed by atoms with E-state index in [2.05, 4.69) is 10.3 Å². The molecule has 4 N–H and O–H groups in total. The zero-order valence-electron chi connectivity index (χ0n) is 15.7. The largest absolute Gasteiger partial charge is 0.483 e. The third-order valence-electron chi connectivity index (χ3n) is 5.07. The smallest absolute Gasteiger partial charge is 0.290 e. The number of carbonyl (C=O) groups is 3. The highest BCUT2D eigenvalue weighted by atomic mass is 16.5. The zero-order chi connectivity index (χ0) is 20.9. The lowest BCUT2D eigenvalue weighted by molar-refractivity contribution is -0.150. The van der Waals surface area contributed by atoms with Crippen molar-refractivity contribution in [2.75, 3.05) is 25.4 Å². The van der Waals surface area contributed by atoms with E-state index in [4.69, 9.17) is 20.4 Å². The molecule has 2 saturated heterocycles. The number of anilines is 1. The number of carbonyl (C=O) groups excluding carboxylic acids is 2. The average Bonchev–Trinajstić information content (AvgIpc) is 2.74. The minimum Gasteiger partial charge on any atom is -0.483 e. The Hall–Kier alpha value is -3.46. The second-order valence-corrected chi connectivity index (χ2v) is 6.77. The van der Waals surface area contributed by atoms with Gasteiger partial charge in [-0.3, -0.25) is 19.4 Å². The number of nitrogen functional groups attached to an aromatic ring is 1. The Bertz CT molecular complexity index is 891. The lowest BCUT2D eigenvalue weighted by atomic mass is 9.77. The number of pyridine rings is 1. The van der Waals surface area contributed by atoms with E-state index in [9.17, 15) is 9.59 Å². The first-order valence-corrected chi connectivity index (χ1v) is 9.07. The van der Waals surface area contributed by atoms with E-state index in [0.29, 0.717) is 30.9 Å². The van der Waals surface area contributed by atoms with Crippen molar-refractivity contribution >= 4 is 24.0 Å². The van der Waals surface area contributed by atoms with Crippen LogP contribution in [-0.2, 0) is 19.9 Å². The van der Waals surface area contributed by atoms with Crippen LogP contribution in [0.2, 0.25) is 0 Å². The Morgan fingerprint density at radius 3 is 2.76 bits per heavy atom. The van der Waals surface area contributed by atoms with Gasteiger partial charge in [-0.25, -0.2) is 0 Å². The number of rotatable bonds is 2. The summed E-state index contributed by atoms with van der Waals surface area (Å²) in [6, 6.07) is 13.0. The van der Waals surface area contributed by atoms with E-state index in [-0.39, 0.29) is 31.0 Å². The maximum Gasteiger partial charge on any atom is 0.290 e. The van der Waals surface area contributed by atoms with Gasteiger partial charge in [-0.1, -0.05) is 30.3 Å². The fraction of sp³-hybridized carbons (Fsp3) is 0.300. The van der Waals surface area contributed by atoms with Crippen molar-refractivity contribution in [3.05, 3.63) is 59.9 Å². The molecule has 1 aromatic carbocycles. The number of nitrogens with two attached hydrogens (primary N) is 1. The second kappa shape index (κ2) is 8.70. The number of nitrogens with zero attached hydrogens (tertiary/aromatic N) is 2. The number of nitrogens with one attached hydrogen (secondary N) is 1. The van der Waals surface area contributed by atoms with Crippen LogP contribution in [0, 0.1) is 0 Å². The van der Waals surface area contributed by atoms with E-state index < -0.39 is 5.54 Å². The van der Waals surface area contributed by atoms with Gasteiger partial charge in [-0.2, -0.15) is 0 Å². The summed E-state index contributed by atoms with van der Waals surface area (Å²) in [6.45, 7) is 0.618. The van der Waals surface area contributed by atoms with Crippen molar-refractivity contribution < 1.29 is 24.2 Å². The number of fused-ring (bicyclic) bond motifs is 1. The number of likely N-dealkylation sites (tertiary alicyclic amines) is 1. The topological polar surface area (TPSA) is 135 Å². The molecular weight excluding hydrogens is 376 g/mol. The van der Waals surface area contributed by atoms with Crippen molar-refractivity contribution in [1.29, 1.82) is 0 Å². The quantitative estimate of drug-likeness (QED) is 0.631. The summed E-state index contributed by atoms with van der Waals surface area (Å²) in [5, 5.41) is 10.0. The minimum atomic E-state index is -0.615. The van der Waals surface area contributed by atoms with Crippen molar-refractivity contribution in [3.63, 3.8) is 0 Å². The first kappa shape index (κ1) is 20.3. The van der Waals surface area contributed by atoms with Crippen molar-refractivity contribution in [2.45, 2.75) is 18.1 Å². The van der Waals surface area contributed by atoms with Gasteiger partial charge in [-0.15, -0.1) is 0 Å². The molecule has 4 rings (SSSR count). The van der Waals surface area contributed by atoms with Crippen LogP contribution in [0.4, 0.5) is 5.69 Å². The maximum atomic E-state index is 12.8. The number of hydrogen-bond acceptors (Lipinski definition) is 6. The first-order valence-electron chi connectivity index (χ1n) is 9.07. The van der Waals surface area contributed by atoms with Gasteiger partial charge in [0.1, 0.15) is 18.4 Å². The molecule has 2 atom stereocenters. The Kier molecular flexibility index (Phi) is 6.08. The average molecular weight is 398 g/mol. The Labute approximate surface area is 167 Å². The number of aromatic nitrogens is 1. The summed E-state index contributed by atoms with van der Waals surface area (Å²) in [6.07, 6.45) is 1.78. The molecule has 0 radical (unpaired) electrons. The van der Waals surface area contributed by atoms with E-state index in [1.165, 1.54) is 6.20 Å². The monoisotopic (exact) mass is 398 g/mol. The minimum absolute atomic E-state index is 0.00217. The predicted molar refractivity (Wildman–Crippen MR) is 104 cm³/mol. The molecule has 1 aromatic heterocycles. The second-order valence-electron chi connectivity index (χ2n) is 6.77. The number of ether oxygens (including phenoxy) is 1. The number of carboxylic acid groups (broad SMARTS) is 1. The molecule has 0 unspecified atom stereocenters. The third-order valence-corrected chi connectivity index (χ3v) is 5.07. The van der Waals surface area contributed by atoms with E-state index in [1.807, 2.05) is 30.3 Å². The molecule has 2 aliphatic heterocycles. The molecule has 2 fully saturated rings. The lowest BCUT2D eigenvalue weighted by Crippen LogP contribution is -2.67. The van der Waals surface area contributed by atoms with E-state index >= 15 is 0 Å². The van der Waals surface area contributed by atoms with Crippen molar-refractivity contribution in [3.8, 4) is 0 Å². The highest BCUT2D eigenvalue weighted by Gasteiger charge is 2.49. The van der Waals surface area contributed by atoms with Gasteiger partial charge >= 0.3 is 0 Å². The van der Waals surface area contributed by atoms with E-state index in [0.717, 1.165) is 5.56 Å². The molecular formula is C20H22N4O5. The highest BCUT2D eigenvalue weighted by molar-refractivity contribution is 5.93. The molecule has 0 spiro atoms. The lowest BCUT2D eigenvalue weighted by Gasteiger charge is -2.50. The highest BCUT2D eigenvalue weighted by Crippen LogP contribution is 2.37. The fourth-order valence-electron chi connectivity index (χ4n) is 3.77. The van der Waals surface area contributed by atoms with Crippen LogP contribution in [0.1, 0.15) is 22.5 Å². The number of amides is 2. The van der Waals surface area contributed by atoms with Crippen LogP contribution >= 0.6 is 0 Å². The third kappa shape index (κ3) is 4.19. The molecule has 9 nitrogen and oxygen atoms in total. The molecule has 9 heteroatoms. The Balaban J connectivity index is 0.000000755. The van der Waals surface area contributed by atoms with Crippen LogP contribution in [0.3, 0.4) is 0 Å². The van der Waals surface area contributed by atoms with Crippen LogP contribution in [0.5, 0.6) is 0 Å². The van der Waals surface area contributed by atoms with E-state index in [1.54, 1.807) is 17.0 Å². The summed E-state index contributed by atoms with van der Waals surface area (Å²) < 4.78 is 5.84. The molecule has 29 heavy (non-hydrogen) atoms. The molecule has 2 aromatic rings. The van der Waals surface area contributed by atoms with Gasteiger partial charge < -0.3 is 25.8 Å². The molecule has 2 aliphatic rings. The van der Waals surface area contributed by atoms with Crippen LogP contribution in [0.15, 0.2) is 48.7 Å². The predicted octanol–water partition coefficient (Wildman–Crippen LogP) is 0.621.